The van der Waals surface area contributed by atoms with E-state index in [-0.39, 0.29) is 23.0 Å². The van der Waals surface area contributed by atoms with Crippen LogP contribution in [0, 0.1) is 29.9 Å². The molecule has 0 unspecified atom stereocenters. The van der Waals surface area contributed by atoms with E-state index in [1.165, 1.54) is 29.3 Å². The molecule has 0 amide bonds. The van der Waals surface area contributed by atoms with E-state index in [2.05, 4.69) is 5.32 Å². The number of rotatable bonds is 6. The van der Waals surface area contributed by atoms with Gasteiger partial charge in [0.05, 0.1) is 9.82 Å². The summed E-state index contributed by atoms with van der Waals surface area (Å²) >= 11 is 0. The van der Waals surface area contributed by atoms with E-state index in [1.807, 2.05) is 0 Å². The number of nitro groups is 1. The molecule has 0 atom stereocenters. The normalized spacial score (nSPS) is 19.2. The summed E-state index contributed by atoms with van der Waals surface area (Å²) in [7, 11) is -3.63. The summed E-state index contributed by atoms with van der Waals surface area (Å²) in [5.74, 6) is 0.812. The molecule has 0 radical (unpaired) electrons. The molecule has 0 aromatic heterocycles. The Kier molecular flexibility index (Phi) is 6.65. The number of benzene rings is 1. The predicted octanol–water partition coefficient (Wildman–Crippen LogP) is 2.79. The summed E-state index contributed by atoms with van der Waals surface area (Å²) in [6.45, 7) is 5.26. The minimum absolute atomic E-state index is 0. The lowest BCUT2D eigenvalue weighted by Gasteiger charge is -2.32. The molecule has 2 fully saturated rings. The fraction of sp³-hybridized carbons (Fsp3) is 0.647. The third-order valence-electron chi connectivity index (χ3n) is 5.10. The number of halogens is 1. The Balaban J connectivity index is 0.00000243. The van der Waals surface area contributed by atoms with Gasteiger partial charge in [-0.3, -0.25) is 10.1 Å². The van der Waals surface area contributed by atoms with Crippen LogP contribution in [-0.4, -0.2) is 43.3 Å². The molecule has 1 N–H and O–H groups in total. The lowest BCUT2D eigenvalue weighted by atomic mass is 10.1. The van der Waals surface area contributed by atoms with Crippen molar-refractivity contribution in [1.82, 2.24) is 9.62 Å². The maximum atomic E-state index is 13.0. The molecule has 9 heteroatoms. The summed E-state index contributed by atoms with van der Waals surface area (Å²) in [6, 6.07) is 3.05. The number of hydrogen-bond acceptors (Lipinski definition) is 5. The summed E-state index contributed by atoms with van der Waals surface area (Å²) in [6.07, 6.45) is 4.21. The molecular weight excluding hydrogens is 378 g/mol. The van der Waals surface area contributed by atoms with E-state index in [4.69, 9.17) is 0 Å². The molecule has 1 saturated heterocycles. The SMILES string of the molecule is Cc1cc([N+](=O)[O-])cc(C)c1S(=O)(=O)N1CCC(NCC2CC2)CC1.Cl. The highest BCUT2D eigenvalue weighted by Gasteiger charge is 2.33. The first-order valence-electron chi connectivity index (χ1n) is 8.78. The van der Waals surface area contributed by atoms with Crippen LogP contribution in [0.4, 0.5) is 5.69 Å². The topological polar surface area (TPSA) is 92.5 Å². The molecule has 26 heavy (non-hydrogen) atoms. The number of sulfonamides is 1. The third kappa shape index (κ3) is 4.54. The van der Waals surface area contributed by atoms with Crippen LogP contribution in [0.2, 0.25) is 0 Å². The number of non-ortho nitro benzene ring substituents is 1. The Hall–Kier alpha value is -1.22. The van der Waals surface area contributed by atoms with E-state index in [1.54, 1.807) is 13.8 Å². The van der Waals surface area contributed by atoms with E-state index < -0.39 is 14.9 Å². The van der Waals surface area contributed by atoms with Gasteiger partial charge >= 0.3 is 0 Å². The fourth-order valence-electron chi connectivity index (χ4n) is 3.52. The highest BCUT2D eigenvalue weighted by Crippen LogP contribution is 2.30. The fourth-order valence-corrected chi connectivity index (χ4v) is 5.41. The molecule has 0 spiro atoms. The highest BCUT2D eigenvalue weighted by molar-refractivity contribution is 7.89. The van der Waals surface area contributed by atoms with Gasteiger partial charge in [0.2, 0.25) is 10.0 Å². The van der Waals surface area contributed by atoms with Gasteiger partial charge in [-0.25, -0.2) is 8.42 Å². The van der Waals surface area contributed by atoms with Crippen molar-refractivity contribution in [2.45, 2.75) is 50.5 Å². The molecule has 1 aliphatic carbocycles. The maximum Gasteiger partial charge on any atom is 0.270 e. The van der Waals surface area contributed by atoms with Crippen LogP contribution in [0.3, 0.4) is 0 Å². The number of nitrogens with one attached hydrogen (secondary N) is 1. The van der Waals surface area contributed by atoms with E-state index in [0.29, 0.717) is 30.3 Å². The van der Waals surface area contributed by atoms with Gasteiger partial charge in [0.25, 0.3) is 5.69 Å². The standard InChI is InChI=1S/C17H25N3O4S.ClH/c1-12-9-16(20(21)22)10-13(2)17(12)25(23,24)19-7-5-15(6-8-19)18-11-14-3-4-14;/h9-10,14-15,18H,3-8,11H2,1-2H3;1H. The Bertz CT molecular complexity index is 749. The summed E-state index contributed by atoms with van der Waals surface area (Å²) in [4.78, 5) is 10.7. The minimum atomic E-state index is -3.63. The smallest absolute Gasteiger partial charge is 0.270 e. The molecule has 1 aliphatic heterocycles. The maximum absolute atomic E-state index is 13.0. The molecule has 3 rings (SSSR count). The van der Waals surface area contributed by atoms with Crippen LogP contribution in [0.25, 0.3) is 0 Å². The molecule has 2 aliphatic rings. The summed E-state index contributed by atoms with van der Waals surface area (Å²) < 4.78 is 27.6. The van der Waals surface area contributed by atoms with E-state index in [9.17, 15) is 18.5 Å². The van der Waals surface area contributed by atoms with Crippen molar-refractivity contribution in [3.05, 3.63) is 33.4 Å². The zero-order valence-corrected chi connectivity index (χ0v) is 16.7. The van der Waals surface area contributed by atoms with Crippen molar-refractivity contribution in [2.75, 3.05) is 19.6 Å². The van der Waals surface area contributed by atoms with Gasteiger partial charge in [0.15, 0.2) is 0 Å². The molecule has 1 heterocycles. The van der Waals surface area contributed by atoms with E-state index in [0.717, 1.165) is 25.3 Å². The molecule has 0 bridgehead atoms. The van der Waals surface area contributed by atoms with Crippen molar-refractivity contribution in [3.63, 3.8) is 0 Å². The van der Waals surface area contributed by atoms with Crippen LogP contribution >= 0.6 is 12.4 Å². The molecule has 1 saturated carbocycles. The van der Waals surface area contributed by atoms with Crippen molar-refractivity contribution in [2.24, 2.45) is 5.92 Å². The molecule has 1 aromatic carbocycles. The van der Waals surface area contributed by atoms with Crippen molar-refractivity contribution in [1.29, 1.82) is 0 Å². The van der Waals surface area contributed by atoms with Crippen LogP contribution < -0.4 is 5.32 Å². The first kappa shape index (κ1) is 21.1. The van der Waals surface area contributed by atoms with Gasteiger partial charge < -0.3 is 5.32 Å². The second-order valence-electron chi connectivity index (χ2n) is 7.20. The van der Waals surface area contributed by atoms with Crippen LogP contribution in [0.15, 0.2) is 17.0 Å². The number of piperidine rings is 1. The van der Waals surface area contributed by atoms with Crippen LogP contribution in [0.1, 0.15) is 36.8 Å². The van der Waals surface area contributed by atoms with Gasteiger partial charge in [0.1, 0.15) is 0 Å². The van der Waals surface area contributed by atoms with Crippen LogP contribution in [-0.2, 0) is 10.0 Å². The average Bonchev–Trinajstić information content (AvgIpc) is 3.36. The van der Waals surface area contributed by atoms with Gasteiger partial charge in [-0.1, -0.05) is 0 Å². The average molecular weight is 404 g/mol. The van der Waals surface area contributed by atoms with Crippen molar-refractivity contribution in [3.8, 4) is 0 Å². The van der Waals surface area contributed by atoms with Gasteiger partial charge in [0, 0.05) is 31.3 Å². The Morgan fingerprint density at radius 1 is 1.15 bits per heavy atom. The molecule has 7 nitrogen and oxygen atoms in total. The minimum Gasteiger partial charge on any atom is -0.314 e. The highest BCUT2D eigenvalue weighted by atomic mass is 35.5. The number of nitro benzene ring substituents is 1. The van der Waals surface area contributed by atoms with Gasteiger partial charge in [-0.2, -0.15) is 4.31 Å². The molecular formula is C17H26ClN3O4S. The number of nitrogens with zero attached hydrogens (tertiary/aromatic N) is 2. The Labute approximate surface area is 160 Å². The molecule has 1 aromatic rings. The Morgan fingerprint density at radius 2 is 1.69 bits per heavy atom. The lowest BCUT2D eigenvalue weighted by molar-refractivity contribution is -0.385. The van der Waals surface area contributed by atoms with Crippen LogP contribution in [0.5, 0.6) is 0 Å². The summed E-state index contributed by atoms with van der Waals surface area (Å²) in [5, 5.41) is 14.5. The largest absolute Gasteiger partial charge is 0.314 e. The van der Waals surface area contributed by atoms with Gasteiger partial charge in [-0.05, 0) is 63.1 Å². The number of hydrogen-bond donors (Lipinski definition) is 1. The van der Waals surface area contributed by atoms with Gasteiger partial charge in [-0.15, -0.1) is 12.4 Å². The Morgan fingerprint density at radius 3 is 2.15 bits per heavy atom. The zero-order valence-electron chi connectivity index (χ0n) is 15.1. The first-order chi connectivity index (χ1) is 11.8. The second kappa shape index (κ2) is 8.21. The van der Waals surface area contributed by atoms with E-state index >= 15 is 0 Å². The lowest BCUT2D eigenvalue weighted by Crippen LogP contribution is -2.45. The third-order valence-corrected chi connectivity index (χ3v) is 7.30. The van der Waals surface area contributed by atoms with Crippen molar-refractivity contribution >= 4 is 28.1 Å². The quantitative estimate of drug-likeness (QED) is 0.582. The first-order valence-corrected chi connectivity index (χ1v) is 10.2. The summed E-state index contributed by atoms with van der Waals surface area (Å²) in [5.41, 5.74) is 0.790. The monoisotopic (exact) mass is 403 g/mol. The van der Waals surface area contributed by atoms with Crippen molar-refractivity contribution < 1.29 is 13.3 Å². The zero-order chi connectivity index (χ0) is 18.2. The predicted molar refractivity (Wildman–Crippen MR) is 102 cm³/mol. The molecule has 146 valence electrons. The second-order valence-corrected chi connectivity index (χ2v) is 9.07. The number of aryl methyl sites for hydroxylation is 2.